The number of H-pyrrole nitrogens is 1. The minimum absolute atomic E-state index is 0.0613. The summed E-state index contributed by atoms with van der Waals surface area (Å²) in [5.41, 5.74) is 1.59. The first-order valence-corrected chi connectivity index (χ1v) is 6.28. The summed E-state index contributed by atoms with van der Waals surface area (Å²) in [5, 5.41) is 6.00. The molecule has 3 N–H and O–H groups in total. The largest absolute Gasteiger partial charge is 0.368 e. The fraction of sp³-hybridized carbons (Fsp3) is 0.286. The molecule has 5 heteroatoms. The predicted octanol–water partition coefficient (Wildman–Crippen LogP) is 2.41. The average Bonchev–Trinajstić information content (AvgIpc) is 2.83. The number of carbonyl (C=O) groups is 1. The number of rotatable bonds is 5. The van der Waals surface area contributed by atoms with Gasteiger partial charge in [-0.3, -0.25) is 4.79 Å². The molecule has 1 amide bonds. The Labute approximate surface area is 112 Å². The summed E-state index contributed by atoms with van der Waals surface area (Å²) in [6.45, 7) is 4.10. The van der Waals surface area contributed by atoms with Gasteiger partial charge in [-0.25, -0.2) is 4.98 Å². The standard InChI is InChI=1S/C14H18N4O/c1-10(2)17-13-6-5-12(9-16-13)18-14(19)8-11-4-3-7-15-11/h3-7,9-10,15H,8H2,1-2H3,(H,16,17)(H,18,19). The van der Waals surface area contributed by atoms with Crippen LogP contribution >= 0.6 is 0 Å². The number of nitrogens with one attached hydrogen (secondary N) is 3. The number of carbonyl (C=O) groups excluding carboxylic acids is 1. The van der Waals surface area contributed by atoms with Gasteiger partial charge in [0, 0.05) is 17.9 Å². The first-order chi connectivity index (χ1) is 9.13. The highest BCUT2D eigenvalue weighted by molar-refractivity contribution is 5.91. The monoisotopic (exact) mass is 258 g/mol. The fourth-order valence-corrected chi connectivity index (χ4v) is 1.70. The van der Waals surface area contributed by atoms with Gasteiger partial charge in [-0.05, 0) is 38.1 Å². The van der Waals surface area contributed by atoms with E-state index in [1.54, 1.807) is 12.4 Å². The Balaban J connectivity index is 1.90. The first-order valence-electron chi connectivity index (χ1n) is 6.28. The van der Waals surface area contributed by atoms with Crippen LogP contribution in [0.1, 0.15) is 19.5 Å². The Hall–Kier alpha value is -2.30. The molecule has 0 saturated heterocycles. The van der Waals surface area contributed by atoms with E-state index >= 15 is 0 Å². The van der Waals surface area contributed by atoms with E-state index in [-0.39, 0.29) is 5.91 Å². The lowest BCUT2D eigenvalue weighted by Crippen LogP contribution is -2.15. The molecule has 0 fully saturated rings. The highest BCUT2D eigenvalue weighted by Gasteiger charge is 2.05. The molecule has 2 aromatic rings. The van der Waals surface area contributed by atoms with Crippen molar-refractivity contribution in [3.63, 3.8) is 0 Å². The van der Waals surface area contributed by atoms with Crippen LogP contribution in [-0.4, -0.2) is 21.9 Å². The molecule has 0 saturated carbocycles. The van der Waals surface area contributed by atoms with Gasteiger partial charge in [0.25, 0.3) is 0 Å². The van der Waals surface area contributed by atoms with Gasteiger partial charge in [-0.15, -0.1) is 0 Å². The van der Waals surface area contributed by atoms with Crippen molar-refractivity contribution in [1.82, 2.24) is 9.97 Å². The number of amides is 1. The number of aromatic nitrogens is 2. The lowest BCUT2D eigenvalue weighted by molar-refractivity contribution is -0.115. The number of hydrogen-bond acceptors (Lipinski definition) is 3. The van der Waals surface area contributed by atoms with Gasteiger partial charge in [-0.2, -0.15) is 0 Å². The molecule has 100 valence electrons. The zero-order valence-corrected chi connectivity index (χ0v) is 11.1. The lowest BCUT2D eigenvalue weighted by Gasteiger charge is -2.09. The van der Waals surface area contributed by atoms with Crippen LogP contribution in [0.5, 0.6) is 0 Å². The summed E-state index contributed by atoms with van der Waals surface area (Å²) >= 11 is 0. The smallest absolute Gasteiger partial charge is 0.230 e. The minimum atomic E-state index is -0.0613. The van der Waals surface area contributed by atoms with E-state index in [2.05, 4.69) is 20.6 Å². The van der Waals surface area contributed by atoms with E-state index < -0.39 is 0 Å². The second-order valence-corrected chi connectivity index (χ2v) is 4.65. The molecule has 0 bridgehead atoms. The quantitative estimate of drug-likeness (QED) is 0.771. The molecule has 5 nitrogen and oxygen atoms in total. The molecule has 0 aliphatic carbocycles. The summed E-state index contributed by atoms with van der Waals surface area (Å²) in [6, 6.07) is 7.78. The molecular formula is C14H18N4O. The normalized spacial score (nSPS) is 10.5. The molecule has 0 aliphatic rings. The summed E-state index contributed by atoms with van der Waals surface area (Å²) in [4.78, 5) is 19.0. The van der Waals surface area contributed by atoms with Crippen LogP contribution in [0.15, 0.2) is 36.7 Å². The van der Waals surface area contributed by atoms with Gasteiger partial charge in [-0.1, -0.05) is 0 Å². The SMILES string of the molecule is CC(C)Nc1ccc(NC(=O)Cc2ccc[nH]2)cn1. The minimum Gasteiger partial charge on any atom is -0.368 e. The van der Waals surface area contributed by atoms with E-state index in [4.69, 9.17) is 0 Å². The van der Waals surface area contributed by atoms with Crippen LogP contribution in [0.3, 0.4) is 0 Å². The highest BCUT2D eigenvalue weighted by atomic mass is 16.1. The Morgan fingerprint density at radius 2 is 2.21 bits per heavy atom. The number of aromatic amines is 1. The second-order valence-electron chi connectivity index (χ2n) is 4.65. The van der Waals surface area contributed by atoms with Crippen molar-refractivity contribution in [2.24, 2.45) is 0 Å². The Kier molecular flexibility index (Phi) is 4.18. The summed E-state index contributed by atoms with van der Waals surface area (Å²) < 4.78 is 0. The molecule has 2 aromatic heterocycles. The van der Waals surface area contributed by atoms with E-state index in [0.29, 0.717) is 18.2 Å². The van der Waals surface area contributed by atoms with Crippen LogP contribution in [0.25, 0.3) is 0 Å². The zero-order chi connectivity index (χ0) is 13.7. The van der Waals surface area contributed by atoms with E-state index in [1.165, 1.54) is 0 Å². The van der Waals surface area contributed by atoms with Crippen molar-refractivity contribution >= 4 is 17.4 Å². The van der Waals surface area contributed by atoms with Crippen LogP contribution in [0, 0.1) is 0 Å². The third kappa shape index (κ3) is 4.13. The molecule has 2 rings (SSSR count). The Bertz CT molecular complexity index is 517. The topological polar surface area (TPSA) is 69.8 Å². The molecule has 0 aliphatic heterocycles. The number of hydrogen-bond donors (Lipinski definition) is 3. The maximum atomic E-state index is 11.8. The molecule has 0 atom stereocenters. The van der Waals surface area contributed by atoms with Gasteiger partial charge in [0.15, 0.2) is 0 Å². The maximum Gasteiger partial charge on any atom is 0.230 e. The summed E-state index contributed by atoms with van der Waals surface area (Å²) in [5.74, 6) is 0.742. The third-order valence-corrected chi connectivity index (χ3v) is 2.50. The number of pyridine rings is 1. The zero-order valence-electron chi connectivity index (χ0n) is 11.1. The lowest BCUT2D eigenvalue weighted by atomic mass is 10.3. The third-order valence-electron chi connectivity index (χ3n) is 2.50. The van der Waals surface area contributed by atoms with Crippen molar-refractivity contribution < 1.29 is 4.79 Å². The molecule has 19 heavy (non-hydrogen) atoms. The predicted molar refractivity (Wildman–Crippen MR) is 76.1 cm³/mol. The van der Waals surface area contributed by atoms with Gasteiger partial charge < -0.3 is 15.6 Å². The van der Waals surface area contributed by atoms with E-state index in [1.807, 2.05) is 38.1 Å². The molecule has 0 aromatic carbocycles. The van der Waals surface area contributed by atoms with Gasteiger partial charge >= 0.3 is 0 Å². The van der Waals surface area contributed by atoms with Crippen molar-refractivity contribution in [2.45, 2.75) is 26.3 Å². The molecule has 2 heterocycles. The van der Waals surface area contributed by atoms with Crippen molar-refractivity contribution in [2.75, 3.05) is 10.6 Å². The summed E-state index contributed by atoms with van der Waals surface area (Å²) in [6.07, 6.45) is 3.78. The van der Waals surface area contributed by atoms with Crippen LogP contribution in [0.2, 0.25) is 0 Å². The van der Waals surface area contributed by atoms with Gasteiger partial charge in [0.1, 0.15) is 5.82 Å². The second kappa shape index (κ2) is 6.04. The molecule has 0 unspecified atom stereocenters. The van der Waals surface area contributed by atoms with E-state index in [0.717, 1.165) is 11.5 Å². The van der Waals surface area contributed by atoms with Crippen molar-refractivity contribution in [1.29, 1.82) is 0 Å². The highest BCUT2D eigenvalue weighted by Crippen LogP contribution is 2.11. The number of nitrogens with zero attached hydrogens (tertiary/aromatic N) is 1. The molecule has 0 radical (unpaired) electrons. The molecule has 0 spiro atoms. The van der Waals surface area contributed by atoms with Crippen LogP contribution in [0.4, 0.5) is 11.5 Å². The van der Waals surface area contributed by atoms with Crippen molar-refractivity contribution in [3.05, 3.63) is 42.4 Å². The van der Waals surface area contributed by atoms with E-state index in [9.17, 15) is 4.79 Å². The number of anilines is 2. The molecular weight excluding hydrogens is 240 g/mol. The first kappa shape index (κ1) is 13.1. The average molecular weight is 258 g/mol. The Morgan fingerprint density at radius 1 is 1.37 bits per heavy atom. The van der Waals surface area contributed by atoms with Crippen LogP contribution in [-0.2, 0) is 11.2 Å². The van der Waals surface area contributed by atoms with Gasteiger partial charge in [0.2, 0.25) is 5.91 Å². The summed E-state index contributed by atoms with van der Waals surface area (Å²) in [7, 11) is 0. The fourth-order valence-electron chi connectivity index (χ4n) is 1.70. The van der Waals surface area contributed by atoms with Gasteiger partial charge in [0.05, 0.1) is 18.3 Å². The Morgan fingerprint density at radius 3 is 2.79 bits per heavy atom. The van der Waals surface area contributed by atoms with Crippen LogP contribution < -0.4 is 10.6 Å². The van der Waals surface area contributed by atoms with Crippen molar-refractivity contribution in [3.8, 4) is 0 Å². The maximum absolute atomic E-state index is 11.8.